The van der Waals surface area contributed by atoms with E-state index in [1.54, 1.807) is 22.9 Å². The van der Waals surface area contributed by atoms with E-state index in [1.807, 2.05) is 25.1 Å². The molecule has 3 heterocycles. The molecule has 2 aromatic heterocycles. The number of aromatic nitrogens is 2. The van der Waals surface area contributed by atoms with Crippen molar-refractivity contribution in [1.82, 2.24) is 19.9 Å². The lowest BCUT2D eigenvalue weighted by Gasteiger charge is -2.25. The predicted octanol–water partition coefficient (Wildman–Crippen LogP) is 2.47. The molecule has 0 bridgehead atoms. The van der Waals surface area contributed by atoms with E-state index in [4.69, 9.17) is 9.26 Å². The fourth-order valence-corrected chi connectivity index (χ4v) is 3.63. The first-order valence-electron chi connectivity index (χ1n) is 10.4. The largest absolute Gasteiger partial charge is 0.368 e. The number of carbonyl (C=O) groups is 2. The van der Waals surface area contributed by atoms with Gasteiger partial charge in [-0.2, -0.15) is 0 Å². The first-order chi connectivity index (χ1) is 14.4. The molecular weight excluding hydrogens is 384 g/mol. The molecule has 0 saturated carbocycles. The summed E-state index contributed by atoms with van der Waals surface area (Å²) in [5.74, 6) is 0.475. The zero-order valence-electron chi connectivity index (χ0n) is 18.1. The third-order valence-electron chi connectivity index (χ3n) is 5.07. The highest BCUT2D eigenvalue weighted by Gasteiger charge is 2.33. The number of hydrogen-bond donors (Lipinski definition) is 0. The van der Waals surface area contributed by atoms with Gasteiger partial charge in [0.1, 0.15) is 17.9 Å². The van der Waals surface area contributed by atoms with Crippen LogP contribution in [0.4, 0.5) is 0 Å². The fraction of sp³-hybridized carbons (Fsp3) is 0.545. The van der Waals surface area contributed by atoms with Crippen LogP contribution >= 0.6 is 0 Å². The molecule has 1 aliphatic heterocycles. The van der Waals surface area contributed by atoms with E-state index in [0.29, 0.717) is 55.6 Å². The minimum absolute atomic E-state index is 0.0166. The lowest BCUT2D eigenvalue weighted by Crippen LogP contribution is -2.40. The van der Waals surface area contributed by atoms with Crippen LogP contribution in [0.25, 0.3) is 0 Å². The van der Waals surface area contributed by atoms with Crippen LogP contribution in [0.5, 0.6) is 0 Å². The molecule has 8 nitrogen and oxygen atoms in total. The van der Waals surface area contributed by atoms with E-state index in [2.05, 4.69) is 24.0 Å². The van der Waals surface area contributed by atoms with Crippen molar-refractivity contribution >= 4 is 11.8 Å². The molecule has 30 heavy (non-hydrogen) atoms. The Morgan fingerprint density at radius 2 is 2.13 bits per heavy atom. The molecule has 0 aliphatic carbocycles. The molecule has 8 heteroatoms. The second-order valence-corrected chi connectivity index (χ2v) is 8.05. The Morgan fingerprint density at radius 3 is 2.80 bits per heavy atom. The smallest absolute Gasteiger partial charge is 0.259 e. The normalized spacial score (nSPS) is 17.5. The fourth-order valence-electron chi connectivity index (χ4n) is 3.63. The molecule has 2 amide bonds. The van der Waals surface area contributed by atoms with Crippen LogP contribution in [-0.4, -0.2) is 64.0 Å². The highest BCUT2D eigenvalue weighted by Crippen LogP contribution is 2.20. The zero-order chi connectivity index (χ0) is 21.7. The molecule has 0 N–H and O–H groups in total. The van der Waals surface area contributed by atoms with E-state index in [0.717, 1.165) is 5.69 Å². The van der Waals surface area contributed by atoms with Crippen molar-refractivity contribution in [3.63, 3.8) is 0 Å². The van der Waals surface area contributed by atoms with Gasteiger partial charge in [-0.1, -0.05) is 32.0 Å². The van der Waals surface area contributed by atoms with Gasteiger partial charge in [0.2, 0.25) is 5.91 Å². The maximum atomic E-state index is 13.3. The summed E-state index contributed by atoms with van der Waals surface area (Å²) in [5.41, 5.74) is 1.87. The van der Waals surface area contributed by atoms with Gasteiger partial charge in [0.15, 0.2) is 0 Å². The molecule has 162 valence electrons. The molecule has 1 aliphatic rings. The molecule has 0 radical (unpaired) electrons. The minimum atomic E-state index is -0.314. The number of ether oxygens (including phenoxy) is 1. The molecule has 0 unspecified atom stereocenters. The minimum Gasteiger partial charge on any atom is -0.368 e. The quantitative estimate of drug-likeness (QED) is 0.692. The lowest BCUT2D eigenvalue weighted by molar-refractivity contribution is -0.132. The van der Waals surface area contributed by atoms with Crippen LogP contribution in [0.2, 0.25) is 0 Å². The standard InChI is InChI=1S/C22H30N4O4/c1-5-19-21(16(4)30-24-19)22(28)26-12-18(29-14-17-8-6-7-9-23-17)11-25(10-15(2)3)20(27)13-26/h6-9,15,18H,5,10-14H2,1-4H3/t18-/m0/s1. The van der Waals surface area contributed by atoms with Gasteiger partial charge in [-0.25, -0.2) is 0 Å². The van der Waals surface area contributed by atoms with Crippen molar-refractivity contribution in [2.24, 2.45) is 5.92 Å². The first-order valence-corrected chi connectivity index (χ1v) is 10.4. The average molecular weight is 415 g/mol. The van der Waals surface area contributed by atoms with E-state index >= 15 is 0 Å². The number of carbonyl (C=O) groups excluding carboxylic acids is 2. The molecule has 1 fully saturated rings. The van der Waals surface area contributed by atoms with Gasteiger partial charge in [0.25, 0.3) is 5.91 Å². The highest BCUT2D eigenvalue weighted by molar-refractivity contribution is 5.98. The Bertz CT molecular complexity index is 865. The second kappa shape index (κ2) is 9.84. The summed E-state index contributed by atoms with van der Waals surface area (Å²) in [5, 5.41) is 3.98. The number of rotatable bonds is 7. The molecule has 1 atom stereocenters. The Kier molecular flexibility index (Phi) is 7.20. The lowest BCUT2D eigenvalue weighted by atomic mass is 10.1. The average Bonchev–Trinajstić information content (AvgIpc) is 3.03. The van der Waals surface area contributed by atoms with Crippen molar-refractivity contribution in [1.29, 1.82) is 0 Å². The summed E-state index contributed by atoms with van der Waals surface area (Å²) < 4.78 is 11.3. The third-order valence-corrected chi connectivity index (χ3v) is 5.07. The summed E-state index contributed by atoms with van der Waals surface area (Å²) in [6, 6.07) is 5.65. The third kappa shape index (κ3) is 5.24. The van der Waals surface area contributed by atoms with Gasteiger partial charge < -0.3 is 19.1 Å². The molecule has 2 aromatic rings. The first kappa shape index (κ1) is 22.0. The van der Waals surface area contributed by atoms with Crippen molar-refractivity contribution in [2.75, 3.05) is 26.2 Å². The predicted molar refractivity (Wildman–Crippen MR) is 111 cm³/mol. The van der Waals surface area contributed by atoms with E-state index in [9.17, 15) is 9.59 Å². The molecular formula is C22H30N4O4. The zero-order valence-corrected chi connectivity index (χ0v) is 18.1. The van der Waals surface area contributed by atoms with Crippen LogP contribution in [0, 0.1) is 12.8 Å². The van der Waals surface area contributed by atoms with Gasteiger partial charge in [0.05, 0.1) is 24.1 Å². The number of pyridine rings is 1. The number of hydrogen-bond acceptors (Lipinski definition) is 6. The number of nitrogens with zero attached hydrogens (tertiary/aromatic N) is 4. The van der Waals surface area contributed by atoms with Crippen LogP contribution < -0.4 is 0 Å². The van der Waals surface area contributed by atoms with Gasteiger partial charge in [0, 0.05) is 25.8 Å². The maximum absolute atomic E-state index is 13.3. The topological polar surface area (TPSA) is 88.8 Å². The monoisotopic (exact) mass is 414 g/mol. The van der Waals surface area contributed by atoms with Crippen molar-refractivity contribution < 1.29 is 18.8 Å². The van der Waals surface area contributed by atoms with E-state index in [-0.39, 0.29) is 24.5 Å². The number of amides is 2. The summed E-state index contributed by atoms with van der Waals surface area (Å²) in [4.78, 5) is 33.9. The van der Waals surface area contributed by atoms with Gasteiger partial charge in [-0.05, 0) is 31.4 Å². The summed E-state index contributed by atoms with van der Waals surface area (Å²) in [6.07, 6.45) is 1.99. The van der Waals surface area contributed by atoms with Gasteiger partial charge in [-0.3, -0.25) is 14.6 Å². The van der Waals surface area contributed by atoms with E-state index in [1.165, 1.54) is 0 Å². The molecule has 0 spiro atoms. The Hall–Kier alpha value is -2.74. The van der Waals surface area contributed by atoms with Crippen LogP contribution in [0.3, 0.4) is 0 Å². The van der Waals surface area contributed by atoms with Crippen LogP contribution in [0.1, 0.15) is 48.3 Å². The van der Waals surface area contributed by atoms with Crippen LogP contribution in [-0.2, 0) is 22.6 Å². The maximum Gasteiger partial charge on any atom is 0.259 e. The Morgan fingerprint density at radius 1 is 1.33 bits per heavy atom. The molecule has 3 rings (SSSR count). The Labute approximate surface area is 177 Å². The second-order valence-electron chi connectivity index (χ2n) is 8.05. The van der Waals surface area contributed by atoms with Crippen molar-refractivity contribution in [3.05, 3.63) is 47.1 Å². The Balaban J connectivity index is 1.81. The summed E-state index contributed by atoms with van der Waals surface area (Å²) >= 11 is 0. The molecule has 1 saturated heterocycles. The summed E-state index contributed by atoms with van der Waals surface area (Å²) in [6.45, 7) is 9.50. The van der Waals surface area contributed by atoms with Gasteiger partial charge >= 0.3 is 0 Å². The summed E-state index contributed by atoms with van der Waals surface area (Å²) in [7, 11) is 0. The number of aryl methyl sites for hydroxylation is 2. The van der Waals surface area contributed by atoms with Crippen molar-refractivity contribution in [2.45, 2.75) is 46.8 Å². The van der Waals surface area contributed by atoms with Crippen LogP contribution in [0.15, 0.2) is 28.9 Å². The van der Waals surface area contributed by atoms with E-state index < -0.39 is 0 Å². The SMILES string of the molecule is CCc1noc(C)c1C(=O)N1CC(=O)N(CC(C)C)C[C@H](OCc2ccccn2)C1. The highest BCUT2D eigenvalue weighted by atomic mass is 16.5. The molecule has 0 aromatic carbocycles. The van der Waals surface area contributed by atoms with Crippen molar-refractivity contribution in [3.8, 4) is 0 Å². The van der Waals surface area contributed by atoms with Gasteiger partial charge in [-0.15, -0.1) is 0 Å².